The number of ether oxygens (including phenoxy) is 1. The van der Waals surface area contributed by atoms with Gasteiger partial charge in [0.15, 0.2) is 11.5 Å². The van der Waals surface area contributed by atoms with Gasteiger partial charge in [0.05, 0.1) is 6.61 Å². The summed E-state index contributed by atoms with van der Waals surface area (Å²) in [6.07, 6.45) is 2.69. The molecular weight excluding hydrogens is 408 g/mol. The minimum Gasteiger partial charge on any atom is -0.504 e. The zero-order chi connectivity index (χ0) is 22.3. The third kappa shape index (κ3) is 5.54. The Bertz CT molecular complexity index is 1000. The van der Waals surface area contributed by atoms with Gasteiger partial charge in [-0.25, -0.2) is 8.78 Å². The summed E-state index contributed by atoms with van der Waals surface area (Å²) in [6.45, 7) is 3.33. The van der Waals surface area contributed by atoms with Gasteiger partial charge in [-0.1, -0.05) is 42.0 Å². The average molecular weight is 436 g/mol. The molecular formula is C27H27F2NO2. The molecule has 3 aromatic rings. The highest BCUT2D eigenvalue weighted by Gasteiger charge is 2.19. The number of piperidine rings is 1. The van der Waals surface area contributed by atoms with Crippen LogP contribution in [0.3, 0.4) is 0 Å². The first-order valence-corrected chi connectivity index (χ1v) is 11.0. The first kappa shape index (κ1) is 22.0. The first-order valence-electron chi connectivity index (χ1n) is 11.0. The molecule has 5 heteroatoms. The Morgan fingerprint density at radius 1 is 0.812 bits per heavy atom. The van der Waals surface area contributed by atoms with Crippen molar-refractivity contribution in [2.45, 2.75) is 19.3 Å². The molecule has 32 heavy (non-hydrogen) atoms. The topological polar surface area (TPSA) is 32.7 Å². The van der Waals surface area contributed by atoms with Crippen molar-refractivity contribution in [3.8, 4) is 11.5 Å². The second-order valence-electron chi connectivity index (χ2n) is 8.00. The van der Waals surface area contributed by atoms with Crippen LogP contribution in [-0.4, -0.2) is 36.2 Å². The van der Waals surface area contributed by atoms with Crippen molar-refractivity contribution in [1.82, 2.24) is 4.90 Å². The van der Waals surface area contributed by atoms with E-state index in [1.54, 1.807) is 42.5 Å². The van der Waals surface area contributed by atoms with Gasteiger partial charge in [-0.05, 0) is 72.4 Å². The lowest BCUT2D eigenvalue weighted by Crippen LogP contribution is -2.32. The van der Waals surface area contributed by atoms with E-state index in [0.717, 1.165) is 55.6 Å². The van der Waals surface area contributed by atoms with E-state index in [1.165, 1.54) is 29.8 Å². The minimum atomic E-state index is -0.266. The number of rotatable bonds is 7. The SMILES string of the molecule is Oc1ccccc1OCCCN1CCC(=C(c2ccc(F)cc2)c2ccc(F)cc2)CC1. The molecule has 3 aromatic carbocycles. The van der Waals surface area contributed by atoms with E-state index in [1.807, 2.05) is 6.07 Å². The molecule has 0 spiro atoms. The van der Waals surface area contributed by atoms with Crippen LogP contribution in [0.5, 0.6) is 11.5 Å². The molecule has 0 radical (unpaired) electrons. The lowest BCUT2D eigenvalue weighted by atomic mass is 9.88. The van der Waals surface area contributed by atoms with Crippen LogP contribution in [0.15, 0.2) is 78.4 Å². The fourth-order valence-corrected chi connectivity index (χ4v) is 4.15. The zero-order valence-electron chi connectivity index (χ0n) is 17.9. The van der Waals surface area contributed by atoms with E-state index in [0.29, 0.717) is 12.4 Å². The number of nitrogens with zero attached hydrogens (tertiary/aromatic N) is 1. The summed E-state index contributed by atoms with van der Waals surface area (Å²) in [5, 5.41) is 9.78. The summed E-state index contributed by atoms with van der Waals surface area (Å²) in [4.78, 5) is 2.41. The predicted octanol–water partition coefficient (Wildman–Crippen LogP) is 6.04. The molecule has 1 heterocycles. The highest BCUT2D eigenvalue weighted by atomic mass is 19.1. The molecule has 166 valence electrons. The zero-order valence-corrected chi connectivity index (χ0v) is 17.9. The normalized spacial score (nSPS) is 14.4. The molecule has 0 amide bonds. The maximum absolute atomic E-state index is 13.5. The molecule has 0 bridgehead atoms. The molecule has 0 unspecified atom stereocenters. The van der Waals surface area contributed by atoms with Crippen LogP contribution < -0.4 is 4.74 Å². The molecule has 1 aliphatic rings. The molecule has 0 saturated carbocycles. The number of benzene rings is 3. The van der Waals surface area contributed by atoms with Gasteiger partial charge in [-0.15, -0.1) is 0 Å². The number of phenolic OH excluding ortho intramolecular Hbond substituents is 1. The highest BCUT2D eigenvalue weighted by molar-refractivity contribution is 5.82. The Balaban J connectivity index is 1.39. The van der Waals surface area contributed by atoms with Gasteiger partial charge in [0.1, 0.15) is 11.6 Å². The van der Waals surface area contributed by atoms with Crippen molar-refractivity contribution in [2.75, 3.05) is 26.2 Å². The molecule has 0 aliphatic carbocycles. The summed E-state index contributed by atoms with van der Waals surface area (Å²) < 4.78 is 32.6. The lowest BCUT2D eigenvalue weighted by molar-refractivity contribution is 0.221. The molecule has 0 aromatic heterocycles. The maximum atomic E-state index is 13.5. The number of phenols is 1. The fourth-order valence-electron chi connectivity index (χ4n) is 4.15. The Kier molecular flexibility index (Phi) is 7.17. The van der Waals surface area contributed by atoms with Gasteiger partial charge >= 0.3 is 0 Å². The largest absolute Gasteiger partial charge is 0.504 e. The van der Waals surface area contributed by atoms with Gasteiger partial charge < -0.3 is 14.7 Å². The van der Waals surface area contributed by atoms with Crippen molar-refractivity contribution in [2.24, 2.45) is 0 Å². The number of hydrogen-bond acceptors (Lipinski definition) is 3. The predicted molar refractivity (Wildman–Crippen MR) is 123 cm³/mol. The van der Waals surface area contributed by atoms with E-state index in [9.17, 15) is 13.9 Å². The second-order valence-corrected chi connectivity index (χ2v) is 8.00. The van der Waals surface area contributed by atoms with Gasteiger partial charge in [0.2, 0.25) is 0 Å². The molecule has 4 rings (SSSR count). The second kappa shape index (κ2) is 10.4. The minimum absolute atomic E-state index is 0.161. The number of para-hydroxylation sites is 2. The average Bonchev–Trinajstić information content (AvgIpc) is 2.81. The summed E-state index contributed by atoms with van der Waals surface area (Å²) >= 11 is 0. The van der Waals surface area contributed by atoms with E-state index < -0.39 is 0 Å². The monoisotopic (exact) mass is 435 g/mol. The molecule has 1 fully saturated rings. The quantitative estimate of drug-likeness (QED) is 0.460. The van der Waals surface area contributed by atoms with Crippen molar-refractivity contribution >= 4 is 5.57 Å². The van der Waals surface area contributed by atoms with Crippen molar-refractivity contribution in [1.29, 1.82) is 0 Å². The Labute approximate surface area is 187 Å². The van der Waals surface area contributed by atoms with E-state index in [-0.39, 0.29) is 17.4 Å². The fraction of sp³-hybridized carbons (Fsp3) is 0.259. The molecule has 1 N–H and O–H groups in total. The van der Waals surface area contributed by atoms with Gasteiger partial charge in [-0.2, -0.15) is 0 Å². The third-order valence-electron chi connectivity index (χ3n) is 5.82. The first-order chi connectivity index (χ1) is 15.6. The van der Waals surface area contributed by atoms with E-state index >= 15 is 0 Å². The van der Waals surface area contributed by atoms with Gasteiger partial charge in [-0.3, -0.25) is 0 Å². The molecule has 1 saturated heterocycles. The lowest BCUT2D eigenvalue weighted by Gasteiger charge is -2.30. The summed E-state index contributed by atoms with van der Waals surface area (Å²) in [7, 11) is 0. The van der Waals surface area contributed by atoms with E-state index in [4.69, 9.17) is 4.74 Å². The van der Waals surface area contributed by atoms with Crippen molar-refractivity contribution in [3.63, 3.8) is 0 Å². The number of likely N-dealkylation sites (tertiary alicyclic amines) is 1. The van der Waals surface area contributed by atoms with Gasteiger partial charge in [0.25, 0.3) is 0 Å². The van der Waals surface area contributed by atoms with Crippen LogP contribution >= 0.6 is 0 Å². The maximum Gasteiger partial charge on any atom is 0.160 e. The van der Waals surface area contributed by atoms with Crippen LogP contribution in [0.4, 0.5) is 8.78 Å². The molecule has 3 nitrogen and oxygen atoms in total. The Morgan fingerprint density at radius 3 is 1.94 bits per heavy atom. The van der Waals surface area contributed by atoms with Crippen LogP contribution in [0.2, 0.25) is 0 Å². The Morgan fingerprint density at radius 2 is 1.38 bits per heavy atom. The molecule has 0 atom stereocenters. The highest BCUT2D eigenvalue weighted by Crippen LogP contribution is 2.33. The number of halogens is 2. The molecule has 1 aliphatic heterocycles. The summed E-state index contributed by atoms with van der Waals surface area (Å²) in [5.74, 6) is 0.144. The van der Waals surface area contributed by atoms with Crippen molar-refractivity contribution in [3.05, 3.63) is 101 Å². The smallest absolute Gasteiger partial charge is 0.160 e. The van der Waals surface area contributed by atoms with Gasteiger partial charge in [0, 0.05) is 19.6 Å². The van der Waals surface area contributed by atoms with Crippen molar-refractivity contribution < 1.29 is 18.6 Å². The van der Waals surface area contributed by atoms with E-state index in [2.05, 4.69) is 4.90 Å². The van der Waals surface area contributed by atoms with Crippen LogP contribution in [-0.2, 0) is 0 Å². The van der Waals surface area contributed by atoms with Crippen LogP contribution in [0.1, 0.15) is 30.4 Å². The summed E-state index contributed by atoms with van der Waals surface area (Å²) in [6, 6.07) is 20.1. The number of aromatic hydroxyl groups is 1. The standard InChI is InChI=1S/C27H27F2NO2/c28-23-10-6-20(7-11-23)27(21-8-12-24(29)13-9-21)22-14-17-30(18-15-22)16-3-19-32-26-5-2-1-4-25(26)31/h1-2,4-13,31H,3,14-19H2. The Hall–Kier alpha value is -3.18. The third-order valence-corrected chi connectivity index (χ3v) is 5.82. The number of hydrogen-bond donors (Lipinski definition) is 1. The van der Waals surface area contributed by atoms with Crippen LogP contribution in [0.25, 0.3) is 5.57 Å². The summed E-state index contributed by atoms with van der Waals surface area (Å²) in [5.41, 5.74) is 4.30. The van der Waals surface area contributed by atoms with Crippen LogP contribution in [0, 0.1) is 11.6 Å².